The van der Waals surface area contributed by atoms with Gasteiger partial charge in [-0.2, -0.15) is 13.2 Å². The lowest BCUT2D eigenvalue weighted by molar-refractivity contribution is -0.150. The molecule has 0 aromatic heterocycles. The summed E-state index contributed by atoms with van der Waals surface area (Å²) in [5, 5.41) is 2.65. The van der Waals surface area contributed by atoms with Gasteiger partial charge in [-0.25, -0.2) is 0 Å². The van der Waals surface area contributed by atoms with Crippen LogP contribution in [-0.2, 0) is 33.5 Å². The predicted molar refractivity (Wildman–Crippen MR) is 118 cm³/mol. The minimum absolute atomic E-state index is 0.0321. The maximum Gasteiger partial charge on any atom is 0.416 e. The number of hydrogen-bond donors (Lipinski definition) is 1. The minimum atomic E-state index is -4.47. The molecular formula is C25H26F3N3O3. The molecule has 1 N–H and O–H groups in total. The first-order chi connectivity index (χ1) is 16.2. The monoisotopic (exact) mass is 473 g/mol. The van der Waals surface area contributed by atoms with Gasteiger partial charge in [0.2, 0.25) is 17.7 Å². The van der Waals surface area contributed by atoms with E-state index in [0.717, 1.165) is 17.7 Å². The molecule has 2 atom stereocenters. The van der Waals surface area contributed by atoms with Gasteiger partial charge in [0, 0.05) is 19.5 Å². The van der Waals surface area contributed by atoms with Crippen LogP contribution in [0.15, 0.2) is 54.6 Å². The van der Waals surface area contributed by atoms with Gasteiger partial charge >= 0.3 is 6.18 Å². The van der Waals surface area contributed by atoms with Gasteiger partial charge in [-0.05, 0) is 42.5 Å². The highest BCUT2D eigenvalue weighted by Crippen LogP contribution is 2.30. The molecule has 4 rings (SSSR count). The first-order valence-electron chi connectivity index (χ1n) is 11.3. The lowest BCUT2D eigenvalue weighted by Crippen LogP contribution is -2.59. The van der Waals surface area contributed by atoms with Gasteiger partial charge in [0.05, 0.1) is 18.2 Å². The van der Waals surface area contributed by atoms with Crippen molar-refractivity contribution in [3.8, 4) is 0 Å². The van der Waals surface area contributed by atoms with Crippen molar-refractivity contribution in [1.29, 1.82) is 0 Å². The molecule has 2 aromatic carbocycles. The maximum absolute atomic E-state index is 13.2. The van der Waals surface area contributed by atoms with Gasteiger partial charge in [0.1, 0.15) is 6.04 Å². The normalized spacial score (nSPS) is 21.0. The van der Waals surface area contributed by atoms with Crippen LogP contribution in [0.25, 0.3) is 0 Å². The molecule has 34 heavy (non-hydrogen) atoms. The lowest BCUT2D eigenvalue weighted by Gasteiger charge is -2.42. The Kier molecular flexibility index (Phi) is 6.90. The van der Waals surface area contributed by atoms with E-state index in [-0.39, 0.29) is 49.8 Å². The van der Waals surface area contributed by atoms with E-state index >= 15 is 0 Å². The Balaban J connectivity index is 1.53. The minimum Gasteiger partial charge on any atom is -0.344 e. The number of halogens is 3. The smallest absolute Gasteiger partial charge is 0.344 e. The Morgan fingerprint density at radius 2 is 1.76 bits per heavy atom. The summed E-state index contributed by atoms with van der Waals surface area (Å²) >= 11 is 0. The molecule has 2 fully saturated rings. The number of aryl methyl sites for hydroxylation is 1. The summed E-state index contributed by atoms with van der Waals surface area (Å²) in [6.07, 6.45) is -2.60. The fraction of sp³-hybridized carbons (Fsp3) is 0.400. The Hall–Kier alpha value is -3.36. The summed E-state index contributed by atoms with van der Waals surface area (Å²) in [6, 6.07) is 13.7. The third-order valence-corrected chi connectivity index (χ3v) is 6.34. The highest BCUT2D eigenvalue weighted by atomic mass is 19.4. The molecule has 9 heteroatoms. The first kappa shape index (κ1) is 23.8. The van der Waals surface area contributed by atoms with E-state index in [1.807, 2.05) is 30.3 Å². The third-order valence-electron chi connectivity index (χ3n) is 6.34. The Labute approximate surface area is 195 Å². The molecule has 0 unspecified atom stereocenters. The third kappa shape index (κ3) is 5.58. The maximum atomic E-state index is 13.2. The van der Waals surface area contributed by atoms with Crippen LogP contribution in [0, 0.1) is 0 Å². The summed E-state index contributed by atoms with van der Waals surface area (Å²) in [6.45, 7) is 0.138. The number of nitrogens with one attached hydrogen (secondary N) is 1. The summed E-state index contributed by atoms with van der Waals surface area (Å²) in [5.41, 5.74) is 0.695. The number of piperazine rings is 1. The second-order valence-corrected chi connectivity index (χ2v) is 8.78. The molecule has 2 aromatic rings. The second-order valence-electron chi connectivity index (χ2n) is 8.78. The fourth-order valence-electron chi connectivity index (χ4n) is 4.55. The number of carbonyl (C=O) groups excluding carboxylic acids is 3. The van der Waals surface area contributed by atoms with E-state index < -0.39 is 17.8 Å². The molecule has 2 aliphatic rings. The van der Waals surface area contributed by atoms with Crippen LogP contribution in [0.4, 0.5) is 13.2 Å². The van der Waals surface area contributed by atoms with Crippen LogP contribution in [-0.4, -0.2) is 52.7 Å². The van der Waals surface area contributed by atoms with E-state index in [0.29, 0.717) is 24.8 Å². The van der Waals surface area contributed by atoms with Crippen molar-refractivity contribution in [2.45, 2.75) is 50.5 Å². The van der Waals surface area contributed by atoms with Gasteiger partial charge in [0.15, 0.2) is 0 Å². The number of amides is 3. The summed E-state index contributed by atoms with van der Waals surface area (Å²) in [5.74, 6) is -0.796. The molecule has 3 amide bonds. The molecule has 0 bridgehead atoms. The van der Waals surface area contributed by atoms with Crippen LogP contribution in [0.1, 0.15) is 36.0 Å². The topological polar surface area (TPSA) is 69.7 Å². The molecule has 180 valence electrons. The van der Waals surface area contributed by atoms with Crippen molar-refractivity contribution in [1.82, 2.24) is 15.1 Å². The zero-order valence-electron chi connectivity index (χ0n) is 18.6. The molecule has 6 nitrogen and oxygen atoms in total. The second kappa shape index (κ2) is 9.87. The molecule has 0 aliphatic carbocycles. The van der Waals surface area contributed by atoms with Crippen molar-refractivity contribution in [3.05, 3.63) is 71.3 Å². The molecular weight excluding hydrogens is 447 g/mol. The molecule has 2 aliphatic heterocycles. The van der Waals surface area contributed by atoms with Crippen molar-refractivity contribution < 1.29 is 27.6 Å². The van der Waals surface area contributed by atoms with Gasteiger partial charge in [-0.15, -0.1) is 0 Å². The number of alkyl halides is 3. The van der Waals surface area contributed by atoms with Crippen LogP contribution >= 0.6 is 0 Å². The van der Waals surface area contributed by atoms with Crippen molar-refractivity contribution in [2.75, 3.05) is 13.1 Å². The Bertz CT molecular complexity index is 1060. The standard InChI is InChI=1S/C25H26F3N3O3/c26-25(27,28)19-8-4-7-18(13-19)14-31-20(10-9-17-5-2-1-3-6-17)15-30(16-23(31)33)24(34)21-11-12-22(32)29-21/h1-8,13,20-21H,9-12,14-16H2,(H,29,32)/t20-,21-/m0/s1. The van der Waals surface area contributed by atoms with Crippen LogP contribution in [0.5, 0.6) is 0 Å². The summed E-state index contributed by atoms with van der Waals surface area (Å²) in [4.78, 5) is 40.7. The van der Waals surface area contributed by atoms with Crippen LogP contribution in [0.2, 0.25) is 0 Å². The number of nitrogens with zero attached hydrogens (tertiary/aromatic N) is 2. The number of benzene rings is 2. The van der Waals surface area contributed by atoms with Crippen LogP contribution in [0.3, 0.4) is 0 Å². The van der Waals surface area contributed by atoms with Gasteiger partial charge < -0.3 is 15.1 Å². The molecule has 0 spiro atoms. The van der Waals surface area contributed by atoms with E-state index in [1.165, 1.54) is 11.0 Å². The summed E-state index contributed by atoms with van der Waals surface area (Å²) in [7, 11) is 0. The fourth-order valence-corrected chi connectivity index (χ4v) is 4.55. The number of rotatable bonds is 6. The van der Waals surface area contributed by atoms with E-state index in [2.05, 4.69) is 5.32 Å². The first-order valence-corrected chi connectivity index (χ1v) is 11.3. The SMILES string of the molecule is O=C1CC[C@@H](C(=O)N2CC(=O)N(Cc3cccc(C(F)(F)F)c3)[C@@H](CCc3ccccc3)C2)N1. The largest absolute Gasteiger partial charge is 0.416 e. The van der Waals surface area contributed by atoms with E-state index in [1.54, 1.807) is 11.0 Å². The highest BCUT2D eigenvalue weighted by Gasteiger charge is 2.39. The van der Waals surface area contributed by atoms with Crippen LogP contribution < -0.4 is 5.32 Å². The Morgan fingerprint density at radius 1 is 1.03 bits per heavy atom. The number of hydrogen-bond acceptors (Lipinski definition) is 3. The summed E-state index contributed by atoms with van der Waals surface area (Å²) < 4.78 is 39.5. The van der Waals surface area contributed by atoms with Gasteiger partial charge in [-0.3, -0.25) is 14.4 Å². The molecule has 0 saturated carbocycles. The number of carbonyl (C=O) groups is 3. The van der Waals surface area contributed by atoms with Gasteiger partial charge in [0.25, 0.3) is 0 Å². The molecule has 2 heterocycles. The quantitative estimate of drug-likeness (QED) is 0.701. The Morgan fingerprint density at radius 3 is 2.44 bits per heavy atom. The predicted octanol–water partition coefficient (Wildman–Crippen LogP) is 3.16. The molecule has 2 saturated heterocycles. The lowest BCUT2D eigenvalue weighted by atomic mass is 9.99. The zero-order valence-corrected chi connectivity index (χ0v) is 18.6. The van der Waals surface area contributed by atoms with E-state index in [4.69, 9.17) is 0 Å². The van der Waals surface area contributed by atoms with Gasteiger partial charge in [-0.1, -0.05) is 42.5 Å². The highest BCUT2D eigenvalue weighted by molar-refractivity contribution is 5.93. The zero-order chi connectivity index (χ0) is 24.3. The molecule has 0 radical (unpaired) electrons. The average Bonchev–Trinajstić information content (AvgIpc) is 3.25. The average molecular weight is 473 g/mol. The van der Waals surface area contributed by atoms with Crippen molar-refractivity contribution in [2.24, 2.45) is 0 Å². The van der Waals surface area contributed by atoms with Crippen molar-refractivity contribution >= 4 is 17.7 Å². The van der Waals surface area contributed by atoms with Crippen molar-refractivity contribution in [3.63, 3.8) is 0 Å². The van der Waals surface area contributed by atoms with E-state index in [9.17, 15) is 27.6 Å².